The second-order valence-corrected chi connectivity index (χ2v) is 1.19. The Morgan fingerprint density at radius 1 is 1.56 bits per heavy atom. The minimum absolute atomic E-state index is 0.738. The molecule has 0 saturated heterocycles. The summed E-state index contributed by atoms with van der Waals surface area (Å²) in [6.07, 6.45) is -0.972. The molecule has 0 aromatic carbocycles. The smallest absolute Gasteiger partial charge is 0.291 e. The summed E-state index contributed by atoms with van der Waals surface area (Å²) in [5, 5.41) is 8.92. The van der Waals surface area contributed by atoms with Crippen LogP contribution >= 0.6 is 0 Å². The van der Waals surface area contributed by atoms with Crippen LogP contribution in [-0.4, -0.2) is 25.7 Å². The van der Waals surface area contributed by atoms with Crippen LogP contribution in [0.2, 0.25) is 0 Å². The van der Waals surface area contributed by atoms with E-state index in [-0.39, 0.29) is 0 Å². The van der Waals surface area contributed by atoms with Crippen molar-refractivity contribution in [3.63, 3.8) is 0 Å². The van der Waals surface area contributed by atoms with Crippen LogP contribution in [0.15, 0.2) is 0 Å². The number of hydrogen-bond donors (Lipinski definition) is 1. The van der Waals surface area contributed by atoms with E-state index in [4.69, 9.17) is 0 Å². The van der Waals surface area contributed by atoms with Gasteiger partial charge in [-0.05, 0) is 0 Å². The van der Waals surface area contributed by atoms with E-state index in [1.165, 1.54) is 14.2 Å². The molecule has 0 aliphatic carbocycles. The summed E-state index contributed by atoms with van der Waals surface area (Å²) in [6.45, 7) is 0. The number of rotatable bonds is 4. The highest BCUT2D eigenvalue weighted by molar-refractivity contribution is 4.20. The van der Waals surface area contributed by atoms with Crippen molar-refractivity contribution in [2.24, 2.45) is 0 Å². The van der Waals surface area contributed by atoms with Crippen LogP contribution < -0.4 is 5.43 Å². The molecule has 6 nitrogen and oxygen atoms in total. The molecular formula is C3H8N2O4. The lowest BCUT2D eigenvalue weighted by Crippen LogP contribution is -2.36. The van der Waals surface area contributed by atoms with Gasteiger partial charge in [-0.2, -0.15) is 0 Å². The summed E-state index contributed by atoms with van der Waals surface area (Å²) in [6, 6.07) is 0. The van der Waals surface area contributed by atoms with E-state index in [0.29, 0.717) is 0 Å². The van der Waals surface area contributed by atoms with E-state index >= 15 is 0 Å². The van der Waals surface area contributed by atoms with Crippen LogP contribution in [0, 0.1) is 10.1 Å². The summed E-state index contributed by atoms with van der Waals surface area (Å²) in [7, 11) is 2.59. The molecule has 0 aromatic heterocycles. The molecule has 0 fully saturated rings. The van der Waals surface area contributed by atoms with Crippen LogP contribution in [0.4, 0.5) is 0 Å². The quantitative estimate of drug-likeness (QED) is 0.315. The Bertz CT molecular complexity index is 91.8. The second kappa shape index (κ2) is 4.04. The standard InChI is InChI=1S/C3H8N2O4/c1-8-3(9-2)4-5(6)7/h3-4H,1-2H3. The minimum atomic E-state index is -0.972. The molecule has 0 aliphatic heterocycles. The van der Waals surface area contributed by atoms with Crippen LogP contribution in [0.1, 0.15) is 0 Å². The van der Waals surface area contributed by atoms with Gasteiger partial charge >= 0.3 is 0 Å². The number of nitro groups is 1. The number of methoxy groups -OCH3 is 2. The predicted octanol–water partition coefficient (Wildman–Crippen LogP) is -0.656. The summed E-state index contributed by atoms with van der Waals surface area (Å²) < 4.78 is 8.87. The van der Waals surface area contributed by atoms with Crippen LogP contribution in [0.25, 0.3) is 0 Å². The SMILES string of the molecule is COC(N[N+](=O)[O-])OC. The molecule has 0 aliphatic rings. The zero-order valence-electron chi connectivity index (χ0n) is 5.16. The van der Waals surface area contributed by atoms with Gasteiger partial charge in [0, 0.05) is 14.2 Å². The number of hydrogen-bond acceptors (Lipinski definition) is 4. The number of nitrogens with one attached hydrogen (secondary N) is 1. The Labute approximate surface area is 51.9 Å². The van der Waals surface area contributed by atoms with Gasteiger partial charge in [-0.25, -0.2) is 10.1 Å². The molecule has 0 heterocycles. The molecule has 0 rings (SSSR count). The van der Waals surface area contributed by atoms with Gasteiger partial charge in [0.25, 0.3) is 6.41 Å². The topological polar surface area (TPSA) is 73.6 Å². The third kappa shape index (κ3) is 3.68. The summed E-state index contributed by atoms with van der Waals surface area (Å²) in [5.74, 6) is 0. The largest absolute Gasteiger partial charge is 0.335 e. The lowest BCUT2D eigenvalue weighted by Gasteiger charge is -2.07. The third-order valence-corrected chi connectivity index (χ3v) is 0.639. The average molecular weight is 136 g/mol. The van der Waals surface area contributed by atoms with Crippen molar-refractivity contribution in [3.8, 4) is 0 Å². The molecular weight excluding hydrogens is 128 g/mol. The van der Waals surface area contributed by atoms with E-state index < -0.39 is 11.4 Å². The Kier molecular flexibility index (Phi) is 3.65. The van der Waals surface area contributed by atoms with Crippen molar-refractivity contribution >= 4 is 0 Å². The average Bonchev–Trinajstić information content (AvgIpc) is 1.82. The Hall–Kier alpha value is -0.880. The van der Waals surface area contributed by atoms with Crippen LogP contribution in [0.5, 0.6) is 0 Å². The molecule has 0 aromatic rings. The molecule has 0 spiro atoms. The Morgan fingerprint density at radius 2 is 2.00 bits per heavy atom. The first-order valence-corrected chi connectivity index (χ1v) is 2.17. The van der Waals surface area contributed by atoms with Gasteiger partial charge < -0.3 is 9.47 Å². The Morgan fingerprint density at radius 3 is 2.11 bits per heavy atom. The van der Waals surface area contributed by atoms with Gasteiger partial charge in [-0.1, -0.05) is 5.43 Å². The molecule has 54 valence electrons. The predicted molar refractivity (Wildman–Crippen MR) is 27.9 cm³/mol. The first kappa shape index (κ1) is 8.12. The van der Waals surface area contributed by atoms with Gasteiger partial charge in [-0.15, -0.1) is 0 Å². The molecule has 0 radical (unpaired) electrons. The fourth-order valence-electron chi connectivity index (χ4n) is 0.288. The molecule has 0 saturated carbocycles. The maximum Gasteiger partial charge on any atom is 0.291 e. The van der Waals surface area contributed by atoms with E-state index in [9.17, 15) is 10.1 Å². The van der Waals surface area contributed by atoms with Crippen molar-refractivity contribution in [1.82, 2.24) is 5.43 Å². The van der Waals surface area contributed by atoms with E-state index in [1.807, 2.05) is 0 Å². The second-order valence-electron chi connectivity index (χ2n) is 1.19. The van der Waals surface area contributed by atoms with Gasteiger partial charge in [0.2, 0.25) is 0 Å². The van der Waals surface area contributed by atoms with Gasteiger partial charge in [0.15, 0.2) is 5.03 Å². The molecule has 0 amide bonds. The zero-order chi connectivity index (χ0) is 7.28. The first-order chi connectivity index (χ1) is 4.20. The van der Waals surface area contributed by atoms with E-state index in [2.05, 4.69) is 9.47 Å². The maximum atomic E-state index is 9.66. The third-order valence-electron chi connectivity index (χ3n) is 0.639. The fourth-order valence-corrected chi connectivity index (χ4v) is 0.288. The lowest BCUT2D eigenvalue weighted by molar-refractivity contribution is -0.574. The summed E-state index contributed by atoms with van der Waals surface area (Å²) in [4.78, 5) is 9.66. The van der Waals surface area contributed by atoms with Crippen LogP contribution in [0.3, 0.4) is 0 Å². The highest BCUT2D eigenvalue weighted by Crippen LogP contribution is 1.82. The first-order valence-electron chi connectivity index (χ1n) is 2.17. The lowest BCUT2D eigenvalue weighted by atomic mass is 11.1. The highest BCUT2D eigenvalue weighted by atomic mass is 16.7. The zero-order valence-corrected chi connectivity index (χ0v) is 5.16. The van der Waals surface area contributed by atoms with Gasteiger partial charge in [0.05, 0.1) is 0 Å². The summed E-state index contributed by atoms with van der Waals surface area (Å²) in [5.41, 5.74) is 1.76. The van der Waals surface area contributed by atoms with Crippen molar-refractivity contribution in [3.05, 3.63) is 10.1 Å². The minimum Gasteiger partial charge on any atom is -0.335 e. The van der Waals surface area contributed by atoms with Crippen LogP contribution in [-0.2, 0) is 9.47 Å². The Balaban J connectivity index is 3.43. The molecule has 6 heteroatoms. The molecule has 9 heavy (non-hydrogen) atoms. The molecule has 0 bridgehead atoms. The van der Waals surface area contributed by atoms with E-state index in [0.717, 1.165) is 0 Å². The monoisotopic (exact) mass is 136 g/mol. The number of hydrazine groups is 1. The van der Waals surface area contributed by atoms with E-state index in [1.54, 1.807) is 5.43 Å². The number of ether oxygens (including phenoxy) is 2. The summed E-state index contributed by atoms with van der Waals surface area (Å²) >= 11 is 0. The molecule has 1 N–H and O–H groups in total. The maximum absolute atomic E-state index is 9.66. The van der Waals surface area contributed by atoms with Crippen molar-refractivity contribution < 1.29 is 14.5 Å². The fraction of sp³-hybridized carbons (Fsp3) is 1.00. The van der Waals surface area contributed by atoms with Crippen molar-refractivity contribution in [2.75, 3.05) is 14.2 Å². The van der Waals surface area contributed by atoms with Crippen molar-refractivity contribution in [2.45, 2.75) is 6.41 Å². The van der Waals surface area contributed by atoms with Gasteiger partial charge in [0.1, 0.15) is 0 Å². The highest BCUT2D eigenvalue weighted by Gasteiger charge is 2.08. The normalized spacial score (nSPS) is 9.67. The van der Waals surface area contributed by atoms with Crippen molar-refractivity contribution in [1.29, 1.82) is 0 Å². The molecule has 0 unspecified atom stereocenters. The number of nitrogens with zero attached hydrogens (tertiary/aromatic N) is 1. The van der Waals surface area contributed by atoms with Gasteiger partial charge in [-0.3, -0.25) is 0 Å². The molecule has 0 atom stereocenters.